The molecule has 0 aliphatic rings. The van der Waals surface area contributed by atoms with Gasteiger partial charge in [-0.3, -0.25) is 0 Å². The van der Waals surface area contributed by atoms with Crippen molar-refractivity contribution in [2.45, 2.75) is 31.3 Å². The Morgan fingerprint density at radius 1 is 1.04 bits per heavy atom. The minimum atomic E-state index is -1.06. The molecule has 0 amide bonds. The number of carbonyl (C=O) groups is 1. The Bertz CT molecular complexity index is 413. The molecule has 0 bridgehead atoms. The summed E-state index contributed by atoms with van der Waals surface area (Å²) in [5.41, 5.74) is 0. The van der Waals surface area contributed by atoms with Gasteiger partial charge in [-0.15, -0.1) is 26.3 Å². The van der Waals surface area contributed by atoms with Crippen LogP contribution in [0.2, 0.25) is 0 Å². The fraction of sp³-hybridized carbons (Fsp3) is 0.500. The fourth-order valence-corrected chi connectivity index (χ4v) is 1.43. The van der Waals surface area contributed by atoms with Crippen molar-refractivity contribution in [2.24, 2.45) is 0 Å². The number of carbonyl (C=O) groups excluding carboxylic acids is 1. The predicted octanol–water partition coefficient (Wildman–Crippen LogP) is -3.30. The number of ether oxygens (including phenoxy) is 3. The largest absolute Gasteiger partial charge is 1.00 e. The quantitative estimate of drug-likeness (QED) is 0.170. The molecule has 0 aliphatic heterocycles. The van der Waals surface area contributed by atoms with E-state index in [-0.39, 0.29) is 57.5 Å². The van der Waals surface area contributed by atoms with Gasteiger partial charge in [-0.05, 0) is 6.92 Å². The first kappa shape index (κ1) is 33.9. The first-order valence-electron chi connectivity index (χ1n) is 7.77. The summed E-state index contributed by atoms with van der Waals surface area (Å²) < 4.78 is 14.8. The van der Waals surface area contributed by atoms with Gasteiger partial charge in [0.1, 0.15) is 18.3 Å². The third-order valence-corrected chi connectivity index (χ3v) is 2.69. The van der Waals surface area contributed by atoms with Crippen LogP contribution < -0.4 is 18.9 Å². The molecule has 0 aromatic carbocycles. The maximum absolute atomic E-state index is 11.3. The third kappa shape index (κ3) is 17.2. The van der Waals surface area contributed by atoms with E-state index in [1.54, 1.807) is 13.0 Å². The average Bonchev–Trinajstić information content (AvgIpc) is 2.62. The SMILES string of the molecule is C=CCOC(C(=O)OCC)C(O)C=C.C=CCOC(CO)C(O)C=C.[AlH3].[H-].[Li+]. The minimum absolute atomic E-state index is 0. The second-order valence-corrected chi connectivity index (χ2v) is 4.59. The van der Waals surface area contributed by atoms with Gasteiger partial charge >= 0.3 is 24.8 Å². The summed E-state index contributed by atoms with van der Waals surface area (Å²) in [7, 11) is 0. The molecule has 3 N–H and O–H groups in total. The van der Waals surface area contributed by atoms with Crippen molar-refractivity contribution in [1.29, 1.82) is 0 Å². The van der Waals surface area contributed by atoms with E-state index >= 15 is 0 Å². The van der Waals surface area contributed by atoms with E-state index in [2.05, 4.69) is 26.3 Å². The zero-order valence-electron chi connectivity index (χ0n) is 16.8. The van der Waals surface area contributed by atoms with Crippen molar-refractivity contribution in [2.75, 3.05) is 26.4 Å². The van der Waals surface area contributed by atoms with Crippen LogP contribution >= 0.6 is 0 Å². The van der Waals surface area contributed by atoms with Gasteiger partial charge in [-0.2, -0.15) is 0 Å². The molecule has 0 aromatic rings. The van der Waals surface area contributed by atoms with Crippen LogP contribution in [0.5, 0.6) is 0 Å². The molecule has 0 radical (unpaired) electrons. The second-order valence-electron chi connectivity index (χ2n) is 4.59. The Hall–Kier alpha value is -0.640. The van der Waals surface area contributed by atoms with Crippen LogP contribution in [-0.4, -0.2) is 89.5 Å². The molecule has 4 unspecified atom stereocenters. The normalized spacial score (nSPS) is 13.6. The molecule has 0 saturated carbocycles. The van der Waals surface area contributed by atoms with Gasteiger partial charge in [-0.25, -0.2) is 4.79 Å². The second kappa shape index (κ2) is 23.4. The van der Waals surface area contributed by atoms with Crippen LogP contribution in [0.25, 0.3) is 0 Å². The van der Waals surface area contributed by atoms with Crippen molar-refractivity contribution >= 4 is 23.3 Å². The average molecular weight is 396 g/mol. The first-order chi connectivity index (χ1) is 11.9. The molecular formula is C18H34AlLiO7. The smallest absolute Gasteiger partial charge is 1.00 e. The number of hydrogen-bond donors (Lipinski definition) is 3. The van der Waals surface area contributed by atoms with Gasteiger partial charge in [0.25, 0.3) is 0 Å². The molecule has 0 spiro atoms. The molecule has 0 fully saturated rings. The van der Waals surface area contributed by atoms with Gasteiger partial charge in [0, 0.05) is 0 Å². The van der Waals surface area contributed by atoms with E-state index in [1.807, 2.05) is 0 Å². The molecule has 4 atom stereocenters. The Balaban J connectivity index is -0.000000116. The zero-order valence-corrected chi connectivity index (χ0v) is 15.8. The maximum atomic E-state index is 11.3. The standard InChI is InChI=1S/C10H16O4.C8H14O3.Al.Li.4H/c1-4-7-14-9(8(11)5-2)10(12)13-6-3;1-3-5-11-8(6-9)7(10)4-2;;;;;;/h4-5,8-9,11H,1-2,6-7H2,3H3;3-4,7-10H,1-2,5-6H2;;;;;;/q;;;+1;;;;-1. The van der Waals surface area contributed by atoms with E-state index in [4.69, 9.17) is 24.4 Å². The summed E-state index contributed by atoms with van der Waals surface area (Å²) in [5, 5.41) is 27.2. The molecule has 0 aromatic heterocycles. The molecule has 7 nitrogen and oxygen atoms in total. The molecule has 27 heavy (non-hydrogen) atoms. The monoisotopic (exact) mass is 396 g/mol. The Morgan fingerprint density at radius 2 is 1.52 bits per heavy atom. The fourth-order valence-electron chi connectivity index (χ4n) is 1.43. The third-order valence-electron chi connectivity index (χ3n) is 2.69. The zero-order chi connectivity index (χ0) is 19.7. The van der Waals surface area contributed by atoms with Crippen molar-refractivity contribution in [3.63, 3.8) is 0 Å². The van der Waals surface area contributed by atoms with E-state index in [1.165, 1.54) is 18.2 Å². The Labute approximate surface area is 186 Å². The molecule has 0 heterocycles. The van der Waals surface area contributed by atoms with E-state index in [0.717, 1.165) is 0 Å². The Morgan fingerprint density at radius 3 is 1.89 bits per heavy atom. The van der Waals surface area contributed by atoms with Crippen molar-refractivity contribution in [1.82, 2.24) is 0 Å². The predicted molar refractivity (Wildman–Crippen MR) is 107 cm³/mol. The first-order valence-corrected chi connectivity index (χ1v) is 7.77. The molecule has 0 saturated heterocycles. The van der Waals surface area contributed by atoms with Crippen molar-refractivity contribution in [3.05, 3.63) is 50.6 Å². The van der Waals surface area contributed by atoms with Crippen LogP contribution in [0.1, 0.15) is 8.35 Å². The van der Waals surface area contributed by atoms with Crippen molar-refractivity contribution in [3.8, 4) is 0 Å². The van der Waals surface area contributed by atoms with Gasteiger partial charge < -0.3 is 31.0 Å². The topological polar surface area (TPSA) is 105 Å². The van der Waals surface area contributed by atoms with E-state index in [9.17, 15) is 9.90 Å². The van der Waals surface area contributed by atoms with Crippen LogP contribution in [-0.2, 0) is 19.0 Å². The number of rotatable bonds is 13. The summed E-state index contributed by atoms with van der Waals surface area (Å²) in [4.78, 5) is 11.3. The van der Waals surface area contributed by atoms with E-state index in [0.29, 0.717) is 6.61 Å². The number of esters is 1. The van der Waals surface area contributed by atoms with Crippen LogP contribution in [0.4, 0.5) is 0 Å². The minimum Gasteiger partial charge on any atom is -1.00 e. The van der Waals surface area contributed by atoms with Gasteiger partial charge in [0.05, 0.1) is 26.4 Å². The number of hydrogen-bond acceptors (Lipinski definition) is 7. The molecule has 0 aliphatic carbocycles. The van der Waals surface area contributed by atoms with E-state index < -0.39 is 30.4 Å². The van der Waals surface area contributed by atoms with Crippen LogP contribution in [0.3, 0.4) is 0 Å². The van der Waals surface area contributed by atoms with Gasteiger partial charge in [0.15, 0.2) is 23.5 Å². The summed E-state index contributed by atoms with van der Waals surface area (Å²) in [6, 6.07) is 0. The summed E-state index contributed by atoms with van der Waals surface area (Å²) in [6.45, 7) is 15.8. The number of aliphatic hydroxyl groups is 3. The number of aliphatic hydroxyl groups excluding tert-OH is 3. The Kier molecular flexibility index (Phi) is 29.4. The molecular weight excluding hydrogens is 362 g/mol. The van der Waals surface area contributed by atoms with Crippen LogP contribution in [0.15, 0.2) is 50.6 Å². The summed E-state index contributed by atoms with van der Waals surface area (Å²) in [6.07, 6.45) is 2.10. The van der Waals surface area contributed by atoms with Crippen LogP contribution in [0, 0.1) is 0 Å². The van der Waals surface area contributed by atoms with Gasteiger partial charge in [-0.1, -0.05) is 24.3 Å². The summed E-state index contributed by atoms with van der Waals surface area (Å²) >= 11 is 0. The van der Waals surface area contributed by atoms with Crippen molar-refractivity contribution < 1.29 is 54.6 Å². The molecule has 152 valence electrons. The molecule has 9 heteroatoms. The molecule has 0 rings (SSSR count). The maximum Gasteiger partial charge on any atom is 1.00 e. The summed E-state index contributed by atoms with van der Waals surface area (Å²) in [5.74, 6) is -0.596. The van der Waals surface area contributed by atoms with Gasteiger partial charge in [0.2, 0.25) is 0 Å².